The molecule has 34 heavy (non-hydrogen) atoms. The first-order chi connectivity index (χ1) is 16.6. The van der Waals surface area contributed by atoms with Crippen LogP contribution >= 0.6 is 0 Å². The van der Waals surface area contributed by atoms with Crippen LogP contribution in [0.3, 0.4) is 0 Å². The number of imidazole rings is 1. The molecule has 0 unspecified atom stereocenters. The lowest BCUT2D eigenvalue weighted by atomic mass is 9.96. The number of piperidine rings is 1. The summed E-state index contributed by atoms with van der Waals surface area (Å²) in [6, 6.07) is 20.8. The van der Waals surface area contributed by atoms with Crippen molar-refractivity contribution in [3.63, 3.8) is 0 Å². The summed E-state index contributed by atoms with van der Waals surface area (Å²) < 4.78 is 2.00. The molecule has 0 saturated carbocycles. The highest BCUT2D eigenvalue weighted by Crippen LogP contribution is 2.29. The highest BCUT2D eigenvalue weighted by atomic mass is 16.2. The highest BCUT2D eigenvalue weighted by molar-refractivity contribution is 5.99. The lowest BCUT2D eigenvalue weighted by molar-refractivity contribution is 0.0702. The van der Waals surface area contributed by atoms with Gasteiger partial charge in [-0.15, -0.1) is 0 Å². The van der Waals surface area contributed by atoms with Crippen molar-refractivity contribution in [2.45, 2.75) is 25.3 Å². The molecule has 0 spiro atoms. The van der Waals surface area contributed by atoms with Gasteiger partial charge in [0.15, 0.2) is 5.69 Å². The third-order valence-corrected chi connectivity index (χ3v) is 6.34. The van der Waals surface area contributed by atoms with Crippen LogP contribution in [-0.2, 0) is 6.54 Å². The number of likely N-dealkylation sites (tertiary alicyclic amines) is 1. The summed E-state index contributed by atoms with van der Waals surface area (Å²) in [6.07, 6.45) is 5.49. The van der Waals surface area contributed by atoms with E-state index >= 15 is 0 Å². The minimum absolute atomic E-state index is 0.0394. The number of nitrogens with zero attached hydrogens (tertiary/aromatic N) is 5. The zero-order valence-corrected chi connectivity index (χ0v) is 19.2. The van der Waals surface area contributed by atoms with E-state index in [4.69, 9.17) is 4.98 Å². The van der Waals surface area contributed by atoms with Crippen molar-refractivity contribution in [2.75, 3.05) is 20.1 Å². The molecule has 0 N–H and O–H groups in total. The van der Waals surface area contributed by atoms with Crippen molar-refractivity contribution >= 4 is 17.3 Å². The zero-order valence-electron chi connectivity index (χ0n) is 19.2. The number of pyridine rings is 2. The second-order valence-electron chi connectivity index (χ2n) is 8.71. The maximum absolute atomic E-state index is 13.4. The molecule has 2 amide bonds. The fourth-order valence-electron chi connectivity index (χ4n) is 4.63. The van der Waals surface area contributed by atoms with Crippen LogP contribution in [-0.4, -0.2) is 56.1 Å². The van der Waals surface area contributed by atoms with Crippen molar-refractivity contribution in [3.8, 4) is 0 Å². The molecule has 3 aromatic heterocycles. The van der Waals surface area contributed by atoms with Crippen LogP contribution in [0.2, 0.25) is 0 Å². The maximum atomic E-state index is 13.4. The van der Waals surface area contributed by atoms with E-state index in [-0.39, 0.29) is 17.7 Å². The monoisotopic (exact) mass is 453 g/mol. The second-order valence-corrected chi connectivity index (χ2v) is 8.71. The van der Waals surface area contributed by atoms with E-state index in [0.717, 1.165) is 36.4 Å². The Morgan fingerprint density at radius 2 is 1.82 bits per heavy atom. The molecule has 0 bridgehead atoms. The van der Waals surface area contributed by atoms with Crippen LogP contribution in [0.1, 0.15) is 51.1 Å². The highest BCUT2D eigenvalue weighted by Gasteiger charge is 2.30. The Morgan fingerprint density at radius 3 is 2.62 bits per heavy atom. The lowest BCUT2D eigenvalue weighted by Crippen LogP contribution is -2.39. The molecule has 1 aliphatic rings. The van der Waals surface area contributed by atoms with Crippen molar-refractivity contribution < 1.29 is 9.59 Å². The maximum Gasteiger partial charge on any atom is 0.274 e. The minimum atomic E-state index is -0.145. The van der Waals surface area contributed by atoms with Crippen LogP contribution in [0.5, 0.6) is 0 Å². The topological polar surface area (TPSA) is 70.8 Å². The number of carbonyl (C=O) groups excluding carboxylic acids is 2. The standard InChI is InChI=1S/C27H27N5O2/c1-30(19-22-13-5-7-15-28-22)27(34)24-23-14-6-8-17-32(23)25(29-24)21-12-9-16-31(18-21)26(33)20-10-3-2-4-11-20/h2-8,10-11,13-15,17,21H,9,12,16,18-19H2,1H3/t21-/m1/s1. The van der Waals surface area contributed by atoms with Crippen molar-refractivity contribution in [1.29, 1.82) is 0 Å². The van der Waals surface area contributed by atoms with Gasteiger partial charge in [0.1, 0.15) is 5.82 Å². The molecule has 7 nitrogen and oxygen atoms in total. The van der Waals surface area contributed by atoms with Gasteiger partial charge >= 0.3 is 0 Å². The van der Waals surface area contributed by atoms with Crippen molar-refractivity contribution in [2.24, 2.45) is 0 Å². The van der Waals surface area contributed by atoms with E-state index in [1.807, 2.05) is 82.2 Å². The average molecular weight is 454 g/mol. The summed E-state index contributed by atoms with van der Waals surface area (Å²) in [5.74, 6) is 0.779. The summed E-state index contributed by atoms with van der Waals surface area (Å²) in [4.78, 5) is 39.2. The van der Waals surface area contributed by atoms with Crippen LogP contribution < -0.4 is 0 Å². The van der Waals surface area contributed by atoms with E-state index < -0.39 is 0 Å². The van der Waals surface area contributed by atoms with E-state index in [2.05, 4.69) is 4.98 Å². The molecule has 1 aliphatic heterocycles. The Hall–Kier alpha value is -4.00. The van der Waals surface area contributed by atoms with Gasteiger partial charge < -0.3 is 14.2 Å². The number of hydrogen-bond acceptors (Lipinski definition) is 4. The Balaban J connectivity index is 1.42. The quantitative estimate of drug-likeness (QED) is 0.458. The number of carbonyl (C=O) groups is 2. The molecular formula is C27H27N5O2. The molecular weight excluding hydrogens is 426 g/mol. The summed E-state index contributed by atoms with van der Waals surface area (Å²) >= 11 is 0. The zero-order chi connectivity index (χ0) is 23.5. The van der Waals surface area contributed by atoms with Crippen molar-refractivity contribution in [1.82, 2.24) is 24.2 Å². The van der Waals surface area contributed by atoms with Gasteiger partial charge in [-0.2, -0.15) is 0 Å². The van der Waals surface area contributed by atoms with Gasteiger partial charge in [0, 0.05) is 44.0 Å². The van der Waals surface area contributed by atoms with Crippen LogP contribution in [0.15, 0.2) is 79.1 Å². The van der Waals surface area contributed by atoms with E-state index in [9.17, 15) is 9.59 Å². The molecule has 7 heteroatoms. The van der Waals surface area contributed by atoms with Crippen LogP contribution in [0, 0.1) is 0 Å². The van der Waals surface area contributed by atoms with Gasteiger partial charge in [-0.1, -0.05) is 30.3 Å². The van der Waals surface area contributed by atoms with E-state index in [0.29, 0.717) is 24.3 Å². The Bertz CT molecular complexity index is 1300. The van der Waals surface area contributed by atoms with Gasteiger partial charge in [-0.05, 0) is 49.2 Å². The summed E-state index contributed by atoms with van der Waals surface area (Å²) in [5, 5.41) is 0. The molecule has 0 radical (unpaired) electrons. The molecule has 1 fully saturated rings. The Kier molecular flexibility index (Phi) is 6.08. The van der Waals surface area contributed by atoms with Gasteiger partial charge in [-0.3, -0.25) is 14.6 Å². The molecule has 172 valence electrons. The van der Waals surface area contributed by atoms with Crippen LogP contribution in [0.25, 0.3) is 5.52 Å². The molecule has 4 heterocycles. The van der Waals surface area contributed by atoms with Gasteiger partial charge in [-0.25, -0.2) is 4.98 Å². The first-order valence-corrected chi connectivity index (χ1v) is 11.6. The molecule has 0 aliphatic carbocycles. The lowest BCUT2D eigenvalue weighted by Gasteiger charge is -2.32. The summed E-state index contributed by atoms with van der Waals surface area (Å²) in [6.45, 7) is 1.72. The molecule has 1 saturated heterocycles. The first kappa shape index (κ1) is 21.8. The molecule has 5 rings (SSSR count). The first-order valence-electron chi connectivity index (χ1n) is 11.6. The molecule has 1 atom stereocenters. The smallest absolute Gasteiger partial charge is 0.274 e. The van der Waals surface area contributed by atoms with Gasteiger partial charge in [0.25, 0.3) is 11.8 Å². The second kappa shape index (κ2) is 9.47. The van der Waals surface area contributed by atoms with Crippen LogP contribution in [0.4, 0.5) is 0 Å². The normalized spacial score (nSPS) is 15.9. The fraction of sp³-hybridized carbons (Fsp3) is 0.259. The number of hydrogen-bond donors (Lipinski definition) is 0. The number of aromatic nitrogens is 3. The third-order valence-electron chi connectivity index (χ3n) is 6.34. The molecule has 4 aromatic rings. The number of benzene rings is 1. The summed E-state index contributed by atoms with van der Waals surface area (Å²) in [7, 11) is 1.77. The van der Waals surface area contributed by atoms with E-state index in [1.165, 1.54) is 0 Å². The van der Waals surface area contributed by atoms with E-state index in [1.54, 1.807) is 18.1 Å². The Morgan fingerprint density at radius 1 is 1.03 bits per heavy atom. The Labute approximate surface area is 198 Å². The largest absolute Gasteiger partial charge is 0.338 e. The number of fused-ring (bicyclic) bond motifs is 1. The van der Waals surface area contributed by atoms with Gasteiger partial charge in [0.05, 0.1) is 17.8 Å². The molecule has 1 aromatic carbocycles. The SMILES string of the molecule is CN(Cc1ccccn1)C(=O)c1nc([C@@H]2CCCN(C(=O)c3ccccc3)C2)n2ccccc12. The predicted octanol–water partition coefficient (Wildman–Crippen LogP) is 4.02. The number of rotatable bonds is 5. The predicted molar refractivity (Wildman–Crippen MR) is 130 cm³/mol. The summed E-state index contributed by atoms with van der Waals surface area (Å²) in [5.41, 5.74) is 2.73. The minimum Gasteiger partial charge on any atom is -0.338 e. The van der Waals surface area contributed by atoms with Gasteiger partial charge in [0.2, 0.25) is 0 Å². The van der Waals surface area contributed by atoms with Crippen molar-refractivity contribution in [3.05, 3.63) is 102 Å². The fourth-order valence-corrected chi connectivity index (χ4v) is 4.63. The number of amides is 2. The average Bonchev–Trinajstić information content (AvgIpc) is 3.29. The third kappa shape index (κ3) is 4.29.